The van der Waals surface area contributed by atoms with Crippen molar-refractivity contribution in [3.63, 3.8) is 0 Å². The molecule has 32 heavy (non-hydrogen) atoms. The van der Waals surface area contributed by atoms with E-state index in [1.165, 1.54) is 5.56 Å². The van der Waals surface area contributed by atoms with E-state index in [2.05, 4.69) is 48.0 Å². The smallest absolute Gasteiger partial charge is 0.224 e. The number of benzene rings is 3. The molecule has 1 heterocycles. The maximum absolute atomic E-state index is 12.3. The maximum atomic E-state index is 12.3. The van der Waals surface area contributed by atoms with Crippen LogP contribution in [0.25, 0.3) is 11.0 Å². The van der Waals surface area contributed by atoms with Crippen LogP contribution in [-0.4, -0.2) is 28.6 Å². The van der Waals surface area contributed by atoms with Crippen LogP contribution in [0.5, 0.6) is 5.75 Å². The Morgan fingerprint density at radius 1 is 1.00 bits per heavy atom. The molecule has 0 saturated heterocycles. The van der Waals surface area contributed by atoms with E-state index in [0.29, 0.717) is 32.5 Å². The van der Waals surface area contributed by atoms with Crippen molar-refractivity contribution in [2.24, 2.45) is 0 Å². The first-order chi connectivity index (χ1) is 15.6. The summed E-state index contributed by atoms with van der Waals surface area (Å²) in [6.07, 6.45) is 1.06. The fourth-order valence-electron chi connectivity index (χ4n) is 3.83. The molecule has 0 aliphatic carbocycles. The second-order valence-electron chi connectivity index (χ2n) is 8.05. The quantitative estimate of drug-likeness (QED) is 0.424. The van der Waals surface area contributed by atoms with Crippen molar-refractivity contribution in [2.45, 2.75) is 33.2 Å². The highest BCUT2D eigenvalue weighted by Crippen LogP contribution is 2.20. The molecule has 0 aliphatic rings. The summed E-state index contributed by atoms with van der Waals surface area (Å²) in [5.74, 6) is 1.90. The molecule has 0 spiro atoms. The number of imidazole rings is 1. The number of hydrogen-bond donors (Lipinski definition) is 1. The topological polar surface area (TPSA) is 56.1 Å². The molecule has 0 aliphatic heterocycles. The average Bonchev–Trinajstić information content (AvgIpc) is 3.14. The van der Waals surface area contributed by atoms with Crippen molar-refractivity contribution >= 4 is 16.9 Å². The monoisotopic (exact) mass is 427 g/mol. The lowest BCUT2D eigenvalue weighted by Gasteiger charge is -2.13. The fourth-order valence-corrected chi connectivity index (χ4v) is 3.83. The number of nitrogens with one attached hydrogen (secondary N) is 1. The molecule has 164 valence electrons. The van der Waals surface area contributed by atoms with Gasteiger partial charge in [0.25, 0.3) is 0 Å². The van der Waals surface area contributed by atoms with Crippen LogP contribution in [0.15, 0.2) is 72.8 Å². The van der Waals surface area contributed by atoms with Gasteiger partial charge in [0.2, 0.25) is 5.91 Å². The van der Waals surface area contributed by atoms with Crippen LogP contribution in [0, 0.1) is 13.8 Å². The number of rotatable bonds is 9. The maximum Gasteiger partial charge on any atom is 0.224 e. The summed E-state index contributed by atoms with van der Waals surface area (Å²) in [6, 6.07) is 24.2. The Labute approximate surface area is 189 Å². The van der Waals surface area contributed by atoms with Crippen LogP contribution in [0.4, 0.5) is 0 Å². The van der Waals surface area contributed by atoms with Crippen molar-refractivity contribution < 1.29 is 9.53 Å². The molecule has 0 atom stereocenters. The summed E-state index contributed by atoms with van der Waals surface area (Å²) in [5.41, 5.74) is 5.38. The Kier molecular flexibility index (Phi) is 6.85. The van der Waals surface area contributed by atoms with Crippen LogP contribution in [0.3, 0.4) is 0 Å². The number of para-hydroxylation sites is 2. The number of aryl methyl sites for hydroxylation is 2. The van der Waals surface area contributed by atoms with Crippen molar-refractivity contribution in [3.8, 4) is 5.75 Å². The van der Waals surface area contributed by atoms with Crippen LogP contribution in [-0.2, 0) is 24.2 Å². The second-order valence-corrected chi connectivity index (χ2v) is 8.05. The van der Waals surface area contributed by atoms with Gasteiger partial charge in [-0.15, -0.1) is 0 Å². The first-order valence-electron chi connectivity index (χ1n) is 11.0. The number of carbonyl (C=O) groups excluding carboxylic acids is 1. The Hall–Kier alpha value is -3.60. The molecule has 1 amide bonds. The molecule has 3 aromatic carbocycles. The lowest BCUT2D eigenvalue weighted by Crippen LogP contribution is -2.28. The summed E-state index contributed by atoms with van der Waals surface area (Å²) in [6.45, 7) is 5.93. The molecule has 0 radical (unpaired) electrons. The third-order valence-corrected chi connectivity index (χ3v) is 5.53. The molecule has 0 unspecified atom stereocenters. The number of fused-ring (bicyclic) bond motifs is 1. The Balaban J connectivity index is 1.39. The van der Waals surface area contributed by atoms with Gasteiger partial charge in [-0.3, -0.25) is 4.79 Å². The van der Waals surface area contributed by atoms with E-state index < -0.39 is 0 Å². The zero-order valence-corrected chi connectivity index (χ0v) is 18.7. The normalized spacial score (nSPS) is 10.9. The second kappa shape index (κ2) is 10.1. The summed E-state index contributed by atoms with van der Waals surface area (Å²) >= 11 is 0. The highest BCUT2D eigenvalue weighted by Gasteiger charge is 2.12. The largest absolute Gasteiger partial charge is 0.491 e. The molecular weight excluding hydrogens is 398 g/mol. The number of ether oxygens (including phenoxy) is 1. The highest BCUT2D eigenvalue weighted by atomic mass is 16.5. The minimum atomic E-state index is 0.0251. The fraction of sp³-hybridized carbons (Fsp3) is 0.259. The van der Waals surface area contributed by atoms with E-state index in [4.69, 9.17) is 9.72 Å². The zero-order valence-electron chi connectivity index (χ0n) is 18.7. The van der Waals surface area contributed by atoms with Crippen LogP contribution in [0.1, 0.15) is 22.5 Å². The van der Waals surface area contributed by atoms with Gasteiger partial charge in [0.15, 0.2) is 0 Å². The highest BCUT2D eigenvalue weighted by molar-refractivity contribution is 5.78. The number of amides is 1. The van der Waals surface area contributed by atoms with Gasteiger partial charge in [0.05, 0.1) is 24.0 Å². The van der Waals surface area contributed by atoms with E-state index in [-0.39, 0.29) is 5.91 Å². The number of carbonyl (C=O) groups is 1. The Bertz CT molecular complexity index is 1200. The Morgan fingerprint density at radius 3 is 2.62 bits per heavy atom. The Morgan fingerprint density at radius 2 is 1.78 bits per heavy atom. The molecule has 4 aromatic rings. The predicted octanol–water partition coefficient (Wildman–Crippen LogP) is 4.63. The summed E-state index contributed by atoms with van der Waals surface area (Å²) in [7, 11) is 0. The van der Waals surface area contributed by atoms with E-state index in [1.807, 2.05) is 48.5 Å². The molecule has 1 N–H and O–H groups in total. The average molecular weight is 428 g/mol. The van der Waals surface area contributed by atoms with Crippen molar-refractivity contribution in [2.75, 3.05) is 13.2 Å². The molecule has 5 nitrogen and oxygen atoms in total. The van der Waals surface area contributed by atoms with Gasteiger partial charge in [0, 0.05) is 13.0 Å². The first-order valence-corrected chi connectivity index (χ1v) is 11.0. The number of hydrogen-bond acceptors (Lipinski definition) is 3. The molecule has 0 saturated carbocycles. The van der Waals surface area contributed by atoms with Gasteiger partial charge >= 0.3 is 0 Å². The standard InChI is InChI=1S/C27H29N3O2/c1-20-12-13-21(2)25(18-20)32-17-16-30-24-11-7-6-10-23(24)29-26(30)14-15-28-27(31)19-22-8-4-3-5-9-22/h3-13,18H,14-17,19H2,1-2H3,(H,28,31). The van der Waals surface area contributed by atoms with Crippen LogP contribution in [0.2, 0.25) is 0 Å². The first kappa shape index (κ1) is 21.6. The molecule has 4 rings (SSSR count). The van der Waals surface area contributed by atoms with Gasteiger partial charge < -0.3 is 14.6 Å². The summed E-state index contributed by atoms with van der Waals surface area (Å²) in [5, 5.41) is 3.02. The van der Waals surface area contributed by atoms with Crippen LogP contribution < -0.4 is 10.1 Å². The summed E-state index contributed by atoms with van der Waals surface area (Å²) in [4.78, 5) is 17.1. The van der Waals surface area contributed by atoms with E-state index in [9.17, 15) is 4.79 Å². The molecular formula is C27H29N3O2. The zero-order chi connectivity index (χ0) is 22.3. The molecule has 0 bridgehead atoms. The van der Waals surface area contributed by atoms with E-state index in [0.717, 1.165) is 33.7 Å². The SMILES string of the molecule is Cc1ccc(C)c(OCCn2c(CCNC(=O)Cc3ccccc3)nc3ccccc32)c1. The third kappa shape index (κ3) is 5.35. The van der Waals surface area contributed by atoms with Crippen molar-refractivity contribution in [1.82, 2.24) is 14.9 Å². The van der Waals surface area contributed by atoms with Gasteiger partial charge in [0.1, 0.15) is 18.2 Å². The van der Waals surface area contributed by atoms with E-state index >= 15 is 0 Å². The van der Waals surface area contributed by atoms with E-state index in [1.54, 1.807) is 0 Å². The molecule has 0 fully saturated rings. The lowest BCUT2D eigenvalue weighted by molar-refractivity contribution is -0.120. The minimum Gasteiger partial charge on any atom is -0.491 e. The molecule has 5 heteroatoms. The number of nitrogens with zero attached hydrogens (tertiary/aromatic N) is 2. The van der Waals surface area contributed by atoms with Gasteiger partial charge in [-0.05, 0) is 48.7 Å². The van der Waals surface area contributed by atoms with Crippen molar-refractivity contribution in [1.29, 1.82) is 0 Å². The van der Waals surface area contributed by atoms with Crippen LogP contribution >= 0.6 is 0 Å². The van der Waals surface area contributed by atoms with Crippen molar-refractivity contribution in [3.05, 3.63) is 95.3 Å². The molecule has 1 aromatic heterocycles. The third-order valence-electron chi connectivity index (χ3n) is 5.53. The number of aromatic nitrogens is 2. The lowest BCUT2D eigenvalue weighted by atomic mass is 10.1. The van der Waals surface area contributed by atoms with Gasteiger partial charge in [-0.1, -0.05) is 54.6 Å². The van der Waals surface area contributed by atoms with Gasteiger partial charge in [-0.2, -0.15) is 0 Å². The minimum absolute atomic E-state index is 0.0251. The predicted molar refractivity (Wildman–Crippen MR) is 128 cm³/mol. The van der Waals surface area contributed by atoms with Gasteiger partial charge in [-0.25, -0.2) is 4.98 Å². The summed E-state index contributed by atoms with van der Waals surface area (Å²) < 4.78 is 8.28.